The summed E-state index contributed by atoms with van der Waals surface area (Å²) in [5, 5.41) is 9.01. The minimum atomic E-state index is -3.64. The van der Waals surface area contributed by atoms with Crippen LogP contribution in [-0.2, 0) is 10.0 Å². The molecule has 0 bridgehead atoms. The normalized spacial score (nSPS) is 11.5. The number of aryl methyl sites for hydroxylation is 2. The standard InChI is InChI=1S/C12H17NO4S/c1-4-5-13-18(16,17)11-7-10(12(14)15)8(2)6-9(11)3/h6-7,13H,4-5H2,1-3H3,(H,14,15). The van der Waals surface area contributed by atoms with E-state index in [1.165, 1.54) is 6.07 Å². The van der Waals surface area contributed by atoms with Gasteiger partial charge in [0.05, 0.1) is 10.5 Å². The van der Waals surface area contributed by atoms with Crippen molar-refractivity contribution in [3.05, 3.63) is 28.8 Å². The van der Waals surface area contributed by atoms with Crippen molar-refractivity contribution in [3.63, 3.8) is 0 Å². The van der Waals surface area contributed by atoms with Crippen LogP contribution >= 0.6 is 0 Å². The van der Waals surface area contributed by atoms with Crippen LogP contribution in [0.25, 0.3) is 0 Å². The van der Waals surface area contributed by atoms with E-state index in [0.29, 0.717) is 24.1 Å². The molecule has 1 aromatic carbocycles. The minimum absolute atomic E-state index is 0.0115. The molecule has 0 atom stereocenters. The molecule has 0 aliphatic rings. The van der Waals surface area contributed by atoms with Crippen LogP contribution in [0.3, 0.4) is 0 Å². The maximum atomic E-state index is 12.0. The number of nitrogens with one attached hydrogen (secondary N) is 1. The molecule has 0 spiro atoms. The average Bonchev–Trinajstić information content (AvgIpc) is 2.25. The maximum absolute atomic E-state index is 12.0. The number of benzene rings is 1. The van der Waals surface area contributed by atoms with Crippen LogP contribution in [0, 0.1) is 13.8 Å². The SMILES string of the molecule is CCCNS(=O)(=O)c1cc(C(=O)O)c(C)cc1C. The summed E-state index contributed by atoms with van der Waals surface area (Å²) in [7, 11) is -3.64. The van der Waals surface area contributed by atoms with Crippen LogP contribution in [0.15, 0.2) is 17.0 Å². The van der Waals surface area contributed by atoms with E-state index in [4.69, 9.17) is 5.11 Å². The first-order chi connectivity index (χ1) is 8.29. The Labute approximate surface area is 107 Å². The van der Waals surface area contributed by atoms with E-state index >= 15 is 0 Å². The summed E-state index contributed by atoms with van der Waals surface area (Å²) >= 11 is 0. The number of aromatic carboxylic acids is 1. The van der Waals surface area contributed by atoms with E-state index in [-0.39, 0.29) is 10.5 Å². The van der Waals surface area contributed by atoms with Crippen molar-refractivity contribution < 1.29 is 18.3 Å². The van der Waals surface area contributed by atoms with E-state index in [9.17, 15) is 13.2 Å². The molecule has 2 N–H and O–H groups in total. The fourth-order valence-electron chi connectivity index (χ4n) is 1.67. The van der Waals surface area contributed by atoms with Gasteiger partial charge in [0.2, 0.25) is 10.0 Å². The number of carbonyl (C=O) groups is 1. The lowest BCUT2D eigenvalue weighted by atomic mass is 10.1. The zero-order chi connectivity index (χ0) is 13.9. The summed E-state index contributed by atoms with van der Waals surface area (Å²) in [6.45, 7) is 5.48. The van der Waals surface area contributed by atoms with Gasteiger partial charge < -0.3 is 5.11 Å². The number of rotatable bonds is 5. The monoisotopic (exact) mass is 271 g/mol. The molecule has 1 rings (SSSR count). The van der Waals surface area contributed by atoms with E-state index in [2.05, 4.69) is 4.72 Å². The summed E-state index contributed by atoms with van der Waals surface area (Å²) in [6.07, 6.45) is 0.677. The Bertz CT molecular complexity index is 564. The highest BCUT2D eigenvalue weighted by Crippen LogP contribution is 2.20. The molecule has 0 aromatic heterocycles. The fourth-order valence-corrected chi connectivity index (χ4v) is 3.05. The second kappa shape index (κ2) is 5.49. The van der Waals surface area contributed by atoms with Crippen LogP contribution in [-0.4, -0.2) is 26.0 Å². The molecule has 0 saturated heterocycles. The Morgan fingerprint density at radius 3 is 2.39 bits per heavy atom. The highest BCUT2D eigenvalue weighted by molar-refractivity contribution is 7.89. The van der Waals surface area contributed by atoms with Crippen LogP contribution in [0.4, 0.5) is 0 Å². The first-order valence-corrected chi connectivity index (χ1v) is 7.12. The number of hydrogen-bond acceptors (Lipinski definition) is 3. The van der Waals surface area contributed by atoms with Gasteiger partial charge in [-0.05, 0) is 37.5 Å². The van der Waals surface area contributed by atoms with Crippen molar-refractivity contribution >= 4 is 16.0 Å². The van der Waals surface area contributed by atoms with E-state index in [1.54, 1.807) is 19.9 Å². The first kappa shape index (κ1) is 14.7. The molecule has 0 unspecified atom stereocenters. The van der Waals surface area contributed by atoms with Gasteiger partial charge in [0.1, 0.15) is 0 Å². The van der Waals surface area contributed by atoms with Crippen LogP contribution in [0.5, 0.6) is 0 Å². The molecule has 100 valence electrons. The van der Waals surface area contributed by atoms with Gasteiger partial charge in [0, 0.05) is 6.54 Å². The number of carboxylic acid groups (broad SMARTS) is 1. The van der Waals surface area contributed by atoms with Gasteiger partial charge in [-0.2, -0.15) is 0 Å². The van der Waals surface area contributed by atoms with Gasteiger partial charge in [-0.1, -0.05) is 13.0 Å². The molecular weight excluding hydrogens is 254 g/mol. The van der Waals surface area contributed by atoms with Gasteiger partial charge in [0.25, 0.3) is 0 Å². The van der Waals surface area contributed by atoms with Gasteiger partial charge in [-0.15, -0.1) is 0 Å². The third-order valence-electron chi connectivity index (χ3n) is 2.58. The van der Waals surface area contributed by atoms with E-state index in [1.807, 2.05) is 6.92 Å². The fraction of sp³-hybridized carbons (Fsp3) is 0.417. The molecule has 0 fully saturated rings. The van der Waals surface area contributed by atoms with Crippen molar-refractivity contribution in [2.75, 3.05) is 6.54 Å². The Balaban J connectivity index is 3.33. The molecular formula is C12H17NO4S. The number of sulfonamides is 1. The highest BCUT2D eigenvalue weighted by Gasteiger charge is 2.19. The zero-order valence-corrected chi connectivity index (χ0v) is 11.5. The maximum Gasteiger partial charge on any atom is 0.335 e. The van der Waals surface area contributed by atoms with Gasteiger partial charge in [-0.25, -0.2) is 17.9 Å². The number of carboxylic acids is 1. The van der Waals surface area contributed by atoms with Gasteiger partial charge >= 0.3 is 5.97 Å². The molecule has 5 nitrogen and oxygen atoms in total. The van der Waals surface area contributed by atoms with E-state index < -0.39 is 16.0 Å². The summed E-state index contributed by atoms with van der Waals surface area (Å²) in [5.41, 5.74) is 1.10. The topological polar surface area (TPSA) is 83.5 Å². The summed E-state index contributed by atoms with van der Waals surface area (Å²) in [4.78, 5) is 11.0. The Kier molecular flexibility index (Phi) is 4.48. The molecule has 0 amide bonds. The molecule has 0 aliphatic carbocycles. The third kappa shape index (κ3) is 3.08. The molecule has 1 aromatic rings. The second-order valence-electron chi connectivity index (χ2n) is 4.14. The van der Waals surface area contributed by atoms with Crippen molar-refractivity contribution in [1.82, 2.24) is 4.72 Å². The lowest BCUT2D eigenvalue weighted by Gasteiger charge is -2.11. The van der Waals surface area contributed by atoms with Crippen molar-refractivity contribution in [2.45, 2.75) is 32.1 Å². The summed E-state index contributed by atoms with van der Waals surface area (Å²) in [6, 6.07) is 2.79. The second-order valence-corrected chi connectivity index (χ2v) is 5.87. The lowest BCUT2D eigenvalue weighted by molar-refractivity contribution is 0.0696. The molecule has 0 heterocycles. The Morgan fingerprint density at radius 2 is 1.89 bits per heavy atom. The van der Waals surface area contributed by atoms with Gasteiger partial charge in [-0.3, -0.25) is 0 Å². The van der Waals surface area contributed by atoms with E-state index in [0.717, 1.165) is 0 Å². The van der Waals surface area contributed by atoms with Crippen LogP contribution in [0.1, 0.15) is 34.8 Å². The quantitative estimate of drug-likeness (QED) is 0.853. The molecule has 0 aliphatic heterocycles. The first-order valence-electron chi connectivity index (χ1n) is 5.63. The largest absolute Gasteiger partial charge is 0.478 e. The minimum Gasteiger partial charge on any atom is -0.478 e. The molecule has 18 heavy (non-hydrogen) atoms. The molecule has 0 radical (unpaired) electrons. The summed E-state index contributed by atoms with van der Waals surface area (Å²) < 4.78 is 26.4. The van der Waals surface area contributed by atoms with Crippen LogP contribution < -0.4 is 4.72 Å². The Hall–Kier alpha value is -1.40. The molecule has 0 saturated carbocycles. The predicted molar refractivity (Wildman–Crippen MR) is 68.4 cm³/mol. The molecule has 6 heteroatoms. The predicted octanol–water partition coefficient (Wildman–Crippen LogP) is 1.69. The lowest BCUT2D eigenvalue weighted by Crippen LogP contribution is -2.25. The average molecular weight is 271 g/mol. The number of hydrogen-bond donors (Lipinski definition) is 2. The Morgan fingerprint density at radius 1 is 1.28 bits per heavy atom. The van der Waals surface area contributed by atoms with Crippen molar-refractivity contribution in [3.8, 4) is 0 Å². The highest BCUT2D eigenvalue weighted by atomic mass is 32.2. The van der Waals surface area contributed by atoms with Crippen molar-refractivity contribution in [2.24, 2.45) is 0 Å². The van der Waals surface area contributed by atoms with Crippen molar-refractivity contribution in [1.29, 1.82) is 0 Å². The van der Waals surface area contributed by atoms with Crippen LogP contribution in [0.2, 0.25) is 0 Å². The zero-order valence-electron chi connectivity index (χ0n) is 10.6. The smallest absolute Gasteiger partial charge is 0.335 e. The summed E-state index contributed by atoms with van der Waals surface area (Å²) in [5.74, 6) is -1.13. The third-order valence-corrected chi connectivity index (χ3v) is 4.19. The van der Waals surface area contributed by atoms with Gasteiger partial charge in [0.15, 0.2) is 0 Å².